The minimum Gasteiger partial charge on any atom is -0.370 e. The number of benzene rings is 1. The number of carbonyl (C=O) groups is 4. The molecule has 1 aliphatic carbocycles. The molecule has 4 rings (SSSR count). The highest BCUT2D eigenvalue weighted by atomic mass is 16.2. The normalized spacial score (nSPS) is 22.0. The molecule has 2 saturated heterocycles. The molecule has 5 amide bonds. The molecule has 1 aromatic rings. The predicted molar refractivity (Wildman–Crippen MR) is 115 cm³/mol. The molecule has 0 radical (unpaired) electrons. The van der Waals surface area contributed by atoms with Crippen LogP contribution in [0.4, 0.5) is 16.2 Å². The van der Waals surface area contributed by atoms with Gasteiger partial charge in [0, 0.05) is 19.0 Å². The van der Waals surface area contributed by atoms with Crippen molar-refractivity contribution in [1.82, 2.24) is 10.2 Å². The Labute approximate surface area is 181 Å². The molecule has 2 heterocycles. The SMILES string of the molecule is CC(C(=O)Nc1ccccc1N1CCC(C(N)=O)CC1)N1C(=O)NC2(CCCC2)C1=O. The summed E-state index contributed by atoms with van der Waals surface area (Å²) in [5.74, 6) is -1.12. The van der Waals surface area contributed by atoms with Crippen LogP contribution in [0.3, 0.4) is 0 Å². The Balaban J connectivity index is 1.46. The van der Waals surface area contributed by atoms with Crippen molar-refractivity contribution in [3.63, 3.8) is 0 Å². The van der Waals surface area contributed by atoms with Crippen molar-refractivity contribution in [2.45, 2.75) is 57.0 Å². The fraction of sp³-hybridized carbons (Fsp3) is 0.545. The number of anilines is 2. The summed E-state index contributed by atoms with van der Waals surface area (Å²) in [6.45, 7) is 2.89. The number of amides is 5. The molecule has 31 heavy (non-hydrogen) atoms. The van der Waals surface area contributed by atoms with Crippen LogP contribution in [0.25, 0.3) is 0 Å². The Hall–Kier alpha value is -3.10. The van der Waals surface area contributed by atoms with E-state index in [2.05, 4.69) is 15.5 Å². The number of urea groups is 1. The third-order valence-electron chi connectivity index (χ3n) is 6.82. The molecule has 2 aliphatic heterocycles. The lowest BCUT2D eigenvalue weighted by Gasteiger charge is -2.33. The van der Waals surface area contributed by atoms with E-state index in [0.717, 1.165) is 23.4 Å². The number of carbonyl (C=O) groups excluding carboxylic acids is 4. The Morgan fingerprint density at radius 2 is 1.81 bits per heavy atom. The van der Waals surface area contributed by atoms with Crippen molar-refractivity contribution in [2.75, 3.05) is 23.3 Å². The van der Waals surface area contributed by atoms with Gasteiger partial charge >= 0.3 is 6.03 Å². The highest BCUT2D eigenvalue weighted by Gasteiger charge is 2.54. The number of primary amides is 1. The average molecular weight is 428 g/mol. The molecule has 1 atom stereocenters. The molecule has 3 fully saturated rings. The summed E-state index contributed by atoms with van der Waals surface area (Å²) in [6, 6.07) is 5.98. The maximum Gasteiger partial charge on any atom is 0.325 e. The maximum atomic E-state index is 13.0. The molecule has 9 heteroatoms. The van der Waals surface area contributed by atoms with Crippen molar-refractivity contribution in [2.24, 2.45) is 11.7 Å². The molecular weight excluding hydrogens is 398 g/mol. The Bertz CT molecular complexity index is 903. The van der Waals surface area contributed by atoms with Crippen molar-refractivity contribution >= 4 is 35.1 Å². The summed E-state index contributed by atoms with van der Waals surface area (Å²) in [7, 11) is 0. The first kappa shape index (κ1) is 21.1. The molecule has 0 aromatic heterocycles. The van der Waals surface area contributed by atoms with Gasteiger partial charge in [-0.2, -0.15) is 0 Å². The minimum absolute atomic E-state index is 0.124. The lowest BCUT2D eigenvalue weighted by atomic mass is 9.96. The zero-order valence-corrected chi connectivity index (χ0v) is 17.7. The van der Waals surface area contributed by atoms with Crippen LogP contribution in [-0.4, -0.2) is 53.3 Å². The average Bonchev–Trinajstić information content (AvgIpc) is 3.32. The number of rotatable bonds is 5. The number of hydrogen-bond donors (Lipinski definition) is 3. The van der Waals surface area contributed by atoms with E-state index < -0.39 is 23.5 Å². The van der Waals surface area contributed by atoms with Gasteiger partial charge < -0.3 is 21.3 Å². The summed E-state index contributed by atoms with van der Waals surface area (Å²) in [5, 5.41) is 5.71. The molecule has 1 saturated carbocycles. The Kier molecular flexibility index (Phi) is 5.60. The van der Waals surface area contributed by atoms with Crippen LogP contribution < -0.4 is 21.3 Å². The summed E-state index contributed by atoms with van der Waals surface area (Å²) >= 11 is 0. The van der Waals surface area contributed by atoms with Crippen LogP contribution in [0.5, 0.6) is 0 Å². The van der Waals surface area contributed by atoms with Crippen molar-refractivity contribution in [3.8, 4) is 0 Å². The van der Waals surface area contributed by atoms with E-state index in [-0.39, 0.29) is 17.7 Å². The standard InChI is InChI=1S/C22H29N5O4/c1-14(27-20(30)22(25-21(27)31)10-4-5-11-22)19(29)24-16-6-2-3-7-17(16)26-12-8-15(9-13-26)18(23)28/h2-3,6-7,14-15H,4-5,8-13H2,1H3,(H2,23,28)(H,24,29)(H,25,31). The van der Waals surface area contributed by atoms with E-state index in [1.807, 2.05) is 18.2 Å². The van der Waals surface area contributed by atoms with E-state index in [4.69, 9.17) is 5.73 Å². The number of nitrogens with one attached hydrogen (secondary N) is 2. The molecule has 1 aromatic carbocycles. The quantitative estimate of drug-likeness (QED) is 0.616. The van der Waals surface area contributed by atoms with Gasteiger partial charge in [-0.1, -0.05) is 25.0 Å². The number of nitrogens with zero attached hydrogens (tertiary/aromatic N) is 2. The lowest BCUT2D eigenvalue weighted by molar-refractivity contribution is -0.136. The van der Waals surface area contributed by atoms with Crippen LogP contribution in [0.1, 0.15) is 45.4 Å². The van der Waals surface area contributed by atoms with Gasteiger partial charge in [0.15, 0.2) is 0 Å². The van der Waals surface area contributed by atoms with Crippen LogP contribution in [0, 0.1) is 5.92 Å². The number of imide groups is 1. The van der Waals surface area contributed by atoms with Crippen LogP contribution in [0.2, 0.25) is 0 Å². The van der Waals surface area contributed by atoms with Gasteiger partial charge in [0.25, 0.3) is 5.91 Å². The van der Waals surface area contributed by atoms with E-state index in [1.165, 1.54) is 0 Å². The summed E-state index contributed by atoms with van der Waals surface area (Å²) in [6.07, 6.45) is 4.34. The third-order valence-corrected chi connectivity index (χ3v) is 6.82. The Morgan fingerprint density at radius 3 is 2.45 bits per heavy atom. The number of para-hydroxylation sites is 2. The van der Waals surface area contributed by atoms with Gasteiger partial charge in [-0.05, 0) is 44.7 Å². The van der Waals surface area contributed by atoms with Crippen LogP contribution in [-0.2, 0) is 14.4 Å². The monoisotopic (exact) mass is 427 g/mol. The first-order chi connectivity index (χ1) is 14.8. The fourth-order valence-electron chi connectivity index (χ4n) is 4.92. The van der Waals surface area contributed by atoms with E-state index >= 15 is 0 Å². The smallest absolute Gasteiger partial charge is 0.325 e. The van der Waals surface area contributed by atoms with Gasteiger partial charge in [0.05, 0.1) is 11.4 Å². The molecule has 4 N–H and O–H groups in total. The predicted octanol–water partition coefficient (Wildman–Crippen LogP) is 1.58. The van der Waals surface area contributed by atoms with Crippen molar-refractivity contribution in [1.29, 1.82) is 0 Å². The van der Waals surface area contributed by atoms with Gasteiger partial charge in [0.1, 0.15) is 11.6 Å². The first-order valence-electron chi connectivity index (χ1n) is 10.9. The second kappa shape index (κ2) is 8.20. The molecule has 1 unspecified atom stereocenters. The van der Waals surface area contributed by atoms with Gasteiger partial charge in [-0.25, -0.2) is 9.69 Å². The first-order valence-corrected chi connectivity index (χ1v) is 10.9. The second-order valence-electron chi connectivity index (χ2n) is 8.74. The third kappa shape index (κ3) is 3.84. The molecule has 3 aliphatic rings. The van der Waals surface area contributed by atoms with Crippen LogP contribution >= 0.6 is 0 Å². The summed E-state index contributed by atoms with van der Waals surface area (Å²) < 4.78 is 0. The second-order valence-corrected chi connectivity index (χ2v) is 8.74. The number of hydrogen-bond acceptors (Lipinski definition) is 5. The van der Waals surface area contributed by atoms with Gasteiger partial charge in [-0.15, -0.1) is 0 Å². The van der Waals surface area contributed by atoms with Gasteiger partial charge in [-0.3, -0.25) is 14.4 Å². The van der Waals surface area contributed by atoms with E-state index in [1.54, 1.807) is 13.0 Å². The van der Waals surface area contributed by atoms with Crippen molar-refractivity contribution < 1.29 is 19.2 Å². The highest BCUT2D eigenvalue weighted by Crippen LogP contribution is 2.36. The largest absolute Gasteiger partial charge is 0.370 e. The van der Waals surface area contributed by atoms with E-state index in [0.29, 0.717) is 44.5 Å². The molecule has 1 spiro atoms. The lowest BCUT2D eigenvalue weighted by Crippen LogP contribution is -2.48. The zero-order chi connectivity index (χ0) is 22.2. The van der Waals surface area contributed by atoms with Gasteiger partial charge in [0.2, 0.25) is 11.8 Å². The molecule has 166 valence electrons. The minimum atomic E-state index is -0.930. The van der Waals surface area contributed by atoms with Crippen molar-refractivity contribution in [3.05, 3.63) is 24.3 Å². The number of nitrogens with two attached hydrogens (primary N) is 1. The summed E-state index contributed by atoms with van der Waals surface area (Å²) in [5.41, 5.74) is 6.04. The number of piperidine rings is 1. The fourth-order valence-corrected chi connectivity index (χ4v) is 4.92. The topological polar surface area (TPSA) is 125 Å². The van der Waals surface area contributed by atoms with Crippen LogP contribution in [0.15, 0.2) is 24.3 Å². The molecule has 9 nitrogen and oxygen atoms in total. The molecular formula is C22H29N5O4. The summed E-state index contributed by atoms with van der Waals surface area (Å²) in [4.78, 5) is 53.1. The molecule has 0 bridgehead atoms. The zero-order valence-electron chi connectivity index (χ0n) is 17.7. The Morgan fingerprint density at radius 1 is 1.16 bits per heavy atom. The maximum absolute atomic E-state index is 13.0. The highest BCUT2D eigenvalue weighted by molar-refractivity contribution is 6.11. The van der Waals surface area contributed by atoms with E-state index in [9.17, 15) is 19.2 Å².